The van der Waals surface area contributed by atoms with Gasteiger partial charge in [0.2, 0.25) is 0 Å². The zero-order valence-electron chi connectivity index (χ0n) is 10.8. The van der Waals surface area contributed by atoms with Crippen LogP contribution < -0.4 is 0 Å². The Morgan fingerprint density at radius 1 is 1.00 bits per heavy atom. The van der Waals surface area contributed by atoms with Gasteiger partial charge in [0.1, 0.15) is 11.6 Å². The van der Waals surface area contributed by atoms with Crippen molar-refractivity contribution in [1.29, 1.82) is 0 Å². The maximum atomic E-state index is 13.4. The third-order valence-corrected chi connectivity index (χ3v) is 3.94. The maximum Gasteiger partial charge on any atom is 0.162 e. The molecule has 0 heterocycles. The Balaban J connectivity index is 1.77. The van der Waals surface area contributed by atoms with Crippen LogP contribution in [0.15, 0.2) is 53.4 Å². The lowest BCUT2D eigenvalue weighted by Crippen LogP contribution is -1.99. The van der Waals surface area contributed by atoms with Gasteiger partial charge in [0.15, 0.2) is 5.78 Å². The standard InChI is InChI=1S/C16H14F2OS/c17-13-9-7-12(8-10-13)15(19)5-3-11-20-16-6-2-1-4-14(16)18/h1-2,4,6-10H,3,5,11H2. The van der Waals surface area contributed by atoms with E-state index in [2.05, 4.69) is 0 Å². The van der Waals surface area contributed by atoms with Gasteiger partial charge in [-0.05, 0) is 48.6 Å². The summed E-state index contributed by atoms with van der Waals surface area (Å²) in [4.78, 5) is 12.4. The van der Waals surface area contributed by atoms with Crippen molar-refractivity contribution in [2.75, 3.05) is 5.75 Å². The van der Waals surface area contributed by atoms with E-state index < -0.39 is 0 Å². The average Bonchev–Trinajstić information content (AvgIpc) is 2.46. The summed E-state index contributed by atoms with van der Waals surface area (Å²) in [6, 6.07) is 12.1. The summed E-state index contributed by atoms with van der Waals surface area (Å²) >= 11 is 1.40. The van der Waals surface area contributed by atoms with Crippen LogP contribution >= 0.6 is 11.8 Å². The summed E-state index contributed by atoms with van der Waals surface area (Å²) in [5.74, 6) is 0.0755. The van der Waals surface area contributed by atoms with Crippen molar-refractivity contribution in [1.82, 2.24) is 0 Å². The third-order valence-electron chi connectivity index (χ3n) is 2.81. The molecule has 0 unspecified atom stereocenters. The largest absolute Gasteiger partial charge is 0.294 e. The highest BCUT2D eigenvalue weighted by Gasteiger charge is 2.06. The Kier molecular flexibility index (Phi) is 5.30. The second kappa shape index (κ2) is 7.20. The van der Waals surface area contributed by atoms with Crippen LogP contribution in [-0.4, -0.2) is 11.5 Å². The van der Waals surface area contributed by atoms with Gasteiger partial charge in [-0.15, -0.1) is 11.8 Å². The molecular formula is C16H14F2OS. The van der Waals surface area contributed by atoms with Gasteiger partial charge in [-0.1, -0.05) is 12.1 Å². The van der Waals surface area contributed by atoms with Gasteiger partial charge in [0.25, 0.3) is 0 Å². The molecule has 1 nitrogen and oxygen atoms in total. The normalized spacial score (nSPS) is 10.5. The van der Waals surface area contributed by atoms with E-state index in [9.17, 15) is 13.6 Å². The Morgan fingerprint density at radius 3 is 2.40 bits per heavy atom. The number of hydrogen-bond acceptors (Lipinski definition) is 2. The van der Waals surface area contributed by atoms with Gasteiger partial charge in [-0.2, -0.15) is 0 Å². The first-order valence-corrected chi connectivity index (χ1v) is 7.31. The molecule has 0 saturated carbocycles. The molecule has 0 atom stereocenters. The number of benzene rings is 2. The predicted molar refractivity (Wildman–Crippen MR) is 77.1 cm³/mol. The first-order valence-electron chi connectivity index (χ1n) is 6.33. The average molecular weight is 292 g/mol. The number of rotatable bonds is 6. The van der Waals surface area contributed by atoms with E-state index in [0.717, 1.165) is 0 Å². The molecular weight excluding hydrogens is 278 g/mol. The minimum Gasteiger partial charge on any atom is -0.294 e. The van der Waals surface area contributed by atoms with Crippen molar-refractivity contribution < 1.29 is 13.6 Å². The molecule has 0 saturated heterocycles. The molecule has 4 heteroatoms. The van der Waals surface area contributed by atoms with Crippen LogP contribution in [0.25, 0.3) is 0 Å². The lowest BCUT2D eigenvalue weighted by molar-refractivity contribution is 0.0982. The summed E-state index contributed by atoms with van der Waals surface area (Å²) < 4.78 is 26.1. The van der Waals surface area contributed by atoms with Crippen LogP contribution in [0.2, 0.25) is 0 Å². The zero-order valence-corrected chi connectivity index (χ0v) is 11.6. The molecule has 0 bridgehead atoms. The van der Waals surface area contributed by atoms with Gasteiger partial charge in [0, 0.05) is 16.9 Å². The fourth-order valence-electron chi connectivity index (χ4n) is 1.76. The van der Waals surface area contributed by atoms with Gasteiger partial charge in [-0.3, -0.25) is 4.79 Å². The second-order valence-electron chi connectivity index (χ2n) is 4.31. The molecule has 2 aromatic carbocycles. The molecule has 104 valence electrons. The summed E-state index contributed by atoms with van der Waals surface area (Å²) in [5, 5.41) is 0. The van der Waals surface area contributed by atoms with Crippen LogP contribution in [0, 0.1) is 11.6 Å². The van der Waals surface area contributed by atoms with Crippen LogP contribution in [0.4, 0.5) is 8.78 Å². The first-order chi connectivity index (χ1) is 9.66. The van der Waals surface area contributed by atoms with E-state index in [-0.39, 0.29) is 17.4 Å². The molecule has 2 aromatic rings. The van der Waals surface area contributed by atoms with E-state index in [1.54, 1.807) is 18.2 Å². The van der Waals surface area contributed by atoms with Crippen LogP contribution in [0.5, 0.6) is 0 Å². The minimum absolute atomic E-state index is 0.0147. The molecule has 20 heavy (non-hydrogen) atoms. The molecule has 0 amide bonds. The molecule has 2 rings (SSSR count). The number of carbonyl (C=O) groups excluding carboxylic acids is 1. The van der Waals surface area contributed by atoms with E-state index in [1.165, 1.54) is 42.1 Å². The fourth-order valence-corrected chi connectivity index (χ4v) is 2.65. The van der Waals surface area contributed by atoms with Crippen molar-refractivity contribution >= 4 is 17.5 Å². The van der Waals surface area contributed by atoms with Crippen molar-refractivity contribution in [2.45, 2.75) is 17.7 Å². The summed E-state index contributed by atoms with van der Waals surface area (Å²) in [6.45, 7) is 0. The van der Waals surface area contributed by atoms with E-state index in [4.69, 9.17) is 0 Å². The van der Waals surface area contributed by atoms with Crippen molar-refractivity contribution in [3.05, 3.63) is 65.7 Å². The Morgan fingerprint density at radius 2 is 1.70 bits per heavy atom. The number of hydrogen-bond donors (Lipinski definition) is 0. The van der Waals surface area contributed by atoms with E-state index >= 15 is 0 Å². The highest BCUT2D eigenvalue weighted by molar-refractivity contribution is 7.99. The van der Waals surface area contributed by atoms with Crippen LogP contribution in [-0.2, 0) is 0 Å². The molecule has 0 radical (unpaired) electrons. The minimum atomic E-state index is -0.350. The Bertz CT molecular complexity index is 581. The quantitative estimate of drug-likeness (QED) is 0.435. The second-order valence-corrected chi connectivity index (χ2v) is 5.45. The number of halogens is 2. The zero-order chi connectivity index (χ0) is 14.4. The maximum absolute atomic E-state index is 13.4. The van der Waals surface area contributed by atoms with Crippen molar-refractivity contribution in [3.8, 4) is 0 Å². The van der Waals surface area contributed by atoms with E-state index in [0.29, 0.717) is 29.1 Å². The molecule has 0 aliphatic carbocycles. The number of carbonyl (C=O) groups is 1. The van der Waals surface area contributed by atoms with Crippen molar-refractivity contribution in [3.63, 3.8) is 0 Å². The van der Waals surface area contributed by atoms with Gasteiger partial charge < -0.3 is 0 Å². The smallest absolute Gasteiger partial charge is 0.162 e. The van der Waals surface area contributed by atoms with Gasteiger partial charge >= 0.3 is 0 Å². The highest BCUT2D eigenvalue weighted by atomic mass is 32.2. The molecule has 0 aromatic heterocycles. The van der Waals surface area contributed by atoms with E-state index in [1.807, 2.05) is 0 Å². The monoisotopic (exact) mass is 292 g/mol. The fraction of sp³-hybridized carbons (Fsp3) is 0.188. The van der Waals surface area contributed by atoms with Crippen LogP contribution in [0.1, 0.15) is 23.2 Å². The van der Waals surface area contributed by atoms with Gasteiger partial charge in [-0.25, -0.2) is 8.78 Å². The van der Waals surface area contributed by atoms with Crippen molar-refractivity contribution in [2.24, 2.45) is 0 Å². The molecule has 0 aliphatic heterocycles. The lowest BCUT2D eigenvalue weighted by Gasteiger charge is -2.03. The summed E-state index contributed by atoms with van der Waals surface area (Å²) in [5.41, 5.74) is 0.516. The number of thioether (sulfide) groups is 1. The number of ketones is 1. The van der Waals surface area contributed by atoms with Gasteiger partial charge in [0.05, 0.1) is 0 Å². The Hall–Kier alpha value is -1.68. The molecule has 0 N–H and O–H groups in total. The molecule has 0 spiro atoms. The molecule has 0 fully saturated rings. The summed E-state index contributed by atoms with van der Waals surface area (Å²) in [7, 11) is 0. The highest BCUT2D eigenvalue weighted by Crippen LogP contribution is 2.22. The molecule has 0 aliphatic rings. The number of Topliss-reactive ketones (excluding diaryl/α,β-unsaturated/α-hetero) is 1. The Labute approximate surface area is 121 Å². The topological polar surface area (TPSA) is 17.1 Å². The SMILES string of the molecule is O=C(CCCSc1ccccc1F)c1ccc(F)cc1. The summed E-state index contributed by atoms with van der Waals surface area (Å²) in [6.07, 6.45) is 1.04. The van der Waals surface area contributed by atoms with Crippen LogP contribution in [0.3, 0.4) is 0 Å². The predicted octanol–water partition coefficient (Wildman–Crippen LogP) is 4.72. The third kappa shape index (κ3) is 4.17. The lowest BCUT2D eigenvalue weighted by atomic mass is 10.1. The first kappa shape index (κ1) is 14.7.